The molecule has 0 saturated heterocycles. The summed E-state index contributed by atoms with van der Waals surface area (Å²) in [5, 5.41) is 0. The van der Waals surface area contributed by atoms with Crippen LogP contribution >= 0.6 is 0 Å². The molecule has 34 heavy (non-hydrogen) atoms. The van der Waals surface area contributed by atoms with Crippen molar-refractivity contribution in [3.05, 3.63) is 58.4 Å². The molecule has 1 atom stereocenters. The van der Waals surface area contributed by atoms with E-state index in [1.165, 1.54) is 7.11 Å². The highest BCUT2D eigenvalue weighted by atomic mass is 19.2. The highest BCUT2D eigenvalue weighted by Crippen LogP contribution is 2.43. The molecule has 3 aliphatic carbocycles. The molecule has 3 aliphatic rings. The van der Waals surface area contributed by atoms with Crippen molar-refractivity contribution in [2.75, 3.05) is 14.2 Å². The van der Waals surface area contributed by atoms with Gasteiger partial charge in [0.05, 0.1) is 13.2 Å². The van der Waals surface area contributed by atoms with E-state index in [9.17, 15) is 8.78 Å². The Morgan fingerprint density at radius 1 is 0.765 bits per heavy atom. The molecule has 2 saturated carbocycles. The third-order valence-electron chi connectivity index (χ3n) is 8.39. The minimum absolute atomic E-state index is 0.0139. The second kappa shape index (κ2) is 11.3. The van der Waals surface area contributed by atoms with Crippen molar-refractivity contribution in [3.63, 3.8) is 0 Å². The molecule has 1 aromatic carbocycles. The fourth-order valence-corrected chi connectivity index (χ4v) is 6.18. The van der Waals surface area contributed by atoms with Crippen molar-refractivity contribution >= 4 is 0 Å². The average Bonchev–Trinajstić information content (AvgIpc) is 2.87. The molecule has 6 heteroatoms. The van der Waals surface area contributed by atoms with Crippen LogP contribution in [-0.2, 0) is 9.47 Å². The summed E-state index contributed by atoms with van der Waals surface area (Å²) in [6.45, 7) is 0. The van der Waals surface area contributed by atoms with Gasteiger partial charge in [-0.05, 0) is 106 Å². The Balaban J connectivity index is 1.30. The molecule has 2 fully saturated rings. The van der Waals surface area contributed by atoms with Crippen LogP contribution in [0.15, 0.2) is 35.6 Å². The van der Waals surface area contributed by atoms with E-state index in [-0.39, 0.29) is 23.7 Å². The molecule has 0 spiro atoms. The highest BCUT2D eigenvalue weighted by Gasteiger charge is 2.31. The van der Waals surface area contributed by atoms with Crippen molar-refractivity contribution < 1.29 is 27.0 Å². The SMILES string of the molecule is COC1=CCC(CCC2CCC(c3ccc(C4CCC(OC)CC4)c(F)c3F)CC2)C(F)=C1F. The molecule has 1 unspecified atom stereocenters. The number of allylic oxidation sites excluding steroid dienone is 3. The van der Waals surface area contributed by atoms with E-state index in [2.05, 4.69) is 0 Å². The molecule has 0 amide bonds. The van der Waals surface area contributed by atoms with Crippen LogP contribution in [0.25, 0.3) is 0 Å². The quantitative estimate of drug-likeness (QED) is 0.365. The summed E-state index contributed by atoms with van der Waals surface area (Å²) in [4.78, 5) is 0. The van der Waals surface area contributed by atoms with Crippen LogP contribution < -0.4 is 0 Å². The third kappa shape index (κ3) is 5.37. The summed E-state index contributed by atoms with van der Waals surface area (Å²) in [7, 11) is 3.04. The Morgan fingerprint density at radius 2 is 1.32 bits per heavy atom. The number of benzene rings is 1. The minimum Gasteiger partial charge on any atom is -0.494 e. The molecule has 1 aromatic rings. The zero-order valence-electron chi connectivity index (χ0n) is 20.2. The first-order valence-electron chi connectivity index (χ1n) is 12.7. The molecule has 0 heterocycles. The Kier molecular flexibility index (Phi) is 8.39. The van der Waals surface area contributed by atoms with Crippen molar-refractivity contribution in [1.82, 2.24) is 0 Å². The van der Waals surface area contributed by atoms with Crippen molar-refractivity contribution in [2.45, 2.75) is 88.6 Å². The van der Waals surface area contributed by atoms with Crippen LogP contribution in [0.4, 0.5) is 17.6 Å². The summed E-state index contributed by atoms with van der Waals surface area (Å²) in [5.74, 6) is -2.92. The fourth-order valence-electron chi connectivity index (χ4n) is 6.18. The van der Waals surface area contributed by atoms with Gasteiger partial charge in [0.25, 0.3) is 0 Å². The summed E-state index contributed by atoms with van der Waals surface area (Å²) in [5.41, 5.74) is 0.996. The van der Waals surface area contributed by atoms with Gasteiger partial charge in [-0.3, -0.25) is 0 Å². The van der Waals surface area contributed by atoms with Gasteiger partial charge in [-0.2, -0.15) is 0 Å². The standard InChI is InChI=1S/C28H36F4O2/c1-33-21-12-9-19(10-13-21)23-15-14-22(26(30)27(23)31)18-6-3-17(4-7-18)5-8-20-11-16-24(34-2)28(32)25(20)29/h14-21H,3-13H2,1-2H3. The first kappa shape index (κ1) is 25.3. The lowest BCUT2D eigenvalue weighted by Gasteiger charge is -2.31. The maximum absolute atomic E-state index is 15.1. The van der Waals surface area contributed by atoms with E-state index >= 15 is 8.78 Å². The van der Waals surface area contributed by atoms with Gasteiger partial charge in [-0.15, -0.1) is 0 Å². The van der Waals surface area contributed by atoms with E-state index in [0.717, 1.165) is 57.8 Å². The number of methoxy groups -OCH3 is 2. The number of hydrogen-bond acceptors (Lipinski definition) is 2. The lowest BCUT2D eigenvalue weighted by atomic mass is 9.75. The van der Waals surface area contributed by atoms with Gasteiger partial charge in [0, 0.05) is 13.0 Å². The van der Waals surface area contributed by atoms with Crippen LogP contribution in [0.1, 0.15) is 93.6 Å². The van der Waals surface area contributed by atoms with Gasteiger partial charge in [-0.1, -0.05) is 12.1 Å². The number of halogens is 4. The third-order valence-corrected chi connectivity index (χ3v) is 8.39. The Labute approximate surface area is 200 Å². The first-order chi connectivity index (χ1) is 16.4. The largest absolute Gasteiger partial charge is 0.494 e. The van der Waals surface area contributed by atoms with Gasteiger partial charge in [-0.25, -0.2) is 17.6 Å². The van der Waals surface area contributed by atoms with E-state index in [4.69, 9.17) is 9.47 Å². The molecule has 0 bridgehead atoms. The smallest absolute Gasteiger partial charge is 0.196 e. The topological polar surface area (TPSA) is 18.5 Å². The number of hydrogen-bond donors (Lipinski definition) is 0. The van der Waals surface area contributed by atoms with Gasteiger partial charge in [0.2, 0.25) is 0 Å². The van der Waals surface area contributed by atoms with E-state index in [0.29, 0.717) is 29.9 Å². The summed E-state index contributed by atoms with van der Waals surface area (Å²) in [6.07, 6.45) is 10.5. The van der Waals surface area contributed by atoms with E-state index in [1.54, 1.807) is 25.3 Å². The van der Waals surface area contributed by atoms with Crippen molar-refractivity contribution in [2.24, 2.45) is 11.8 Å². The monoisotopic (exact) mass is 480 g/mol. The van der Waals surface area contributed by atoms with E-state index in [1.807, 2.05) is 0 Å². The maximum atomic E-state index is 15.1. The number of rotatable bonds is 7. The first-order valence-corrected chi connectivity index (χ1v) is 12.7. The summed E-state index contributed by atoms with van der Waals surface area (Å²) in [6, 6.07) is 3.60. The molecule has 0 aromatic heterocycles. The summed E-state index contributed by atoms with van der Waals surface area (Å²) < 4.78 is 68.6. The fraction of sp³-hybridized carbons (Fsp3) is 0.643. The lowest BCUT2D eigenvalue weighted by Crippen LogP contribution is -2.21. The predicted octanol–water partition coefficient (Wildman–Crippen LogP) is 8.39. The highest BCUT2D eigenvalue weighted by molar-refractivity contribution is 5.32. The predicted molar refractivity (Wildman–Crippen MR) is 125 cm³/mol. The molecule has 4 rings (SSSR count). The molecule has 0 aliphatic heterocycles. The van der Waals surface area contributed by atoms with Gasteiger partial charge >= 0.3 is 0 Å². The van der Waals surface area contributed by atoms with Crippen LogP contribution in [0, 0.1) is 23.5 Å². The molecule has 0 radical (unpaired) electrons. The molecule has 2 nitrogen and oxygen atoms in total. The molecule has 188 valence electrons. The van der Waals surface area contributed by atoms with Crippen LogP contribution in [0.2, 0.25) is 0 Å². The van der Waals surface area contributed by atoms with Crippen LogP contribution in [0.3, 0.4) is 0 Å². The van der Waals surface area contributed by atoms with Crippen LogP contribution in [-0.4, -0.2) is 20.3 Å². The Bertz CT molecular complexity index is 909. The minimum atomic E-state index is -0.879. The van der Waals surface area contributed by atoms with Crippen molar-refractivity contribution in [3.8, 4) is 0 Å². The van der Waals surface area contributed by atoms with Crippen molar-refractivity contribution in [1.29, 1.82) is 0 Å². The van der Waals surface area contributed by atoms with Gasteiger partial charge in [0.15, 0.2) is 23.2 Å². The molecule has 0 N–H and O–H groups in total. The second-order valence-electron chi connectivity index (χ2n) is 10.2. The normalized spacial score (nSPS) is 30.3. The van der Waals surface area contributed by atoms with Gasteiger partial charge in [0.1, 0.15) is 5.83 Å². The van der Waals surface area contributed by atoms with Gasteiger partial charge < -0.3 is 9.47 Å². The zero-order chi connectivity index (χ0) is 24.2. The van der Waals surface area contributed by atoms with E-state index < -0.39 is 29.2 Å². The maximum Gasteiger partial charge on any atom is 0.196 e. The molecular formula is C28H36F4O2. The Morgan fingerprint density at radius 3 is 1.85 bits per heavy atom. The average molecular weight is 481 g/mol. The molecular weight excluding hydrogens is 444 g/mol. The number of ether oxygens (including phenoxy) is 2. The lowest BCUT2D eigenvalue weighted by molar-refractivity contribution is 0.0655. The second-order valence-corrected chi connectivity index (χ2v) is 10.2. The summed E-state index contributed by atoms with van der Waals surface area (Å²) >= 11 is 0. The zero-order valence-corrected chi connectivity index (χ0v) is 20.2. The van der Waals surface area contributed by atoms with Crippen LogP contribution in [0.5, 0.6) is 0 Å². The Hall–Kier alpha value is -1.82.